The Balaban J connectivity index is 1.68. The van der Waals surface area contributed by atoms with Crippen molar-refractivity contribution in [3.8, 4) is 17.0 Å². The van der Waals surface area contributed by atoms with E-state index in [0.29, 0.717) is 34.4 Å². The zero-order chi connectivity index (χ0) is 17.6. The lowest BCUT2D eigenvalue weighted by Gasteiger charge is -2.08. The number of rotatable bonds is 6. The highest BCUT2D eigenvalue weighted by atomic mass is 35.5. The quantitative estimate of drug-likeness (QED) is 0.714. The highest BCUT2D eigenvalue weighted by molar-refractivity contribution is 6.33. The number of nitrogens with two attached hydrogens (primary N) is 1. The highest BCUT2D eigenvalue weighted by Gasteiger charge is 2.12. The third-order valence-electron chi connectivity index (χ3n) is 3.38. The number of ether oxygens (including phenoxy) is 2. The molecule has 0 saturated heterocycles. The summed E-state index contributed by atoms with van der Waals surface area (Å²) in [5.74, 6) is 1.02. The van der Waals surface area contributed by atoms with Gasteiger partial charge in [-0.3, -0.25) is 0 Å². The van der Waals surface area contributed by atoms with Crippen LogP contribution >= 0.6 is 11.6 Å². The van der Waals surface area contributed by atoms with Crippen LogP contribution in [0, 0.1) is 0 Å². The Bertz CT molecular complexity index is 865. The number of hydrogen-bond acceptors (Lipinski definition) is 5. The van der Waals surface area contributed by atoms with Crippen molar-refractivity contribution in [2.75, 3.05) is 0 Å². The first-order chi connectivity index (χ1) is 12.1. The molecule has 0 saturated carbocycles. The van der Waals surface area contributed by atoms with Crippen LogP contribution in [0.4, 0.5) is 4.79 Å². The average molecular weight is 359 g/mol. The number of hydrogen-bond donors (Lipinski definition) is 1. The standard InChI is InChI=1S/C18H15ClN2O4/c19-16-8-13(23-10-12-4-2-1-3-5-12)6-7-15(16)17-9-14(25-21-17)11-24-18(20)22/h1-9H,10-11H2,(H2,20,22). The van der Waals surface area contributed by atoms with E-state index >= 15 is 0 Å². The van der Waals surface area contributed by atoms with Gasteiger partial charge in [-0.15, -0.1) is 0 Å². The molecule has 0 radical (unpaired) electrons. The second-order valence-electron chi connectivity index (χ2n) is 5.20. The van der Waals surface area contributed by atoms with E-state index in [1.165, 1.54) is 0 Å². The summed E-state index contributed by atoms with van der Waals surface area (Å²) in [6, 6.07) is 16.8. The van der Waals surface area contributed by atoms with Gasteiger partial charge in [0.15, 0.2) is 12.4 Å². The molecule has 0 atom stereocenters. The van der Waals surface area contributed by atoms with Gasteiger partial charge >= 0.3 is 6.09 Å². The minimum atomic E-state index is -0.879. The van der Waals surface area contributed by atoms with E-state index in [9.17, 15) is 4.79 Å². The van der Waals surface area contributed by atoms with E-state index in [4.69, 9.17) is 26.6 Å². The molecule has 3 rings (SSSR count). The van der Waals surface area contributed by atoms with Gasteiger partial charge in [0, 0.05) is 11.6 Å². The van der Waals surface area contributed by atoms with Crippen LogP contribution in [-0.4, -0.2) is 11.2 Å². The Morgan fingerprint density at radius 2 is 1.92 bits per heavy atom. The van der Waals surface area contributed by atoms with Crippen molar-refractivity contribution in [1.29, 1.82) is 0 Å². The average Bonchev–Trinajstić information content (AvgIpc) is 3.08. The molecule has 0 aliphatic rings. The van der Waals surface area contributed by atoms with Gasteiger partial charge in [0.05, 0.1) is 5.02 Å². The number of nitrogens with zero attached hydrogens (tertiary/aromatic N) is 1. The molecule has 6 nitrogen and oxygen atoms in total. The molecular formula is C18H15ClN2O4. The van der Waals surface area contributed by atoms with Crippen LogP contribution in [0.1, 0.15) is 11.3 Å². The van der Waals surface area contributed by atoms with Crippen molar-refractivity contribution >= 4 is 17.7 Å². The predicted molar refractivity (Wildman–Crippen MR) is 92.1 cm³/mol. The van der Waals surface area contributed by atoms with Crippen molar-refractivity contribution in [3.05, 3.63) is 70.9 Å². The summed E-state index contributed by atoms with van der Waals surface area (Å²) >= 11 is 6.32. The fourth-order valence-corrected chi connectivity index (χ4v) is 2.45. The first-order valence-corrected chi connectivity index (χ1v) is 7.84. The summed E-state index contributed by atoms with van der Waals surface area (Å²) in [6.07, 6.45) is -0.879. The topological polar surface area (TPSA) is 87.6 Å². The summed E-state index contributed by atoms with van der Waals surface area (Å²) < 4.78 is 15.5. The molecule has 0 aliphatic carbocycles. The molecule has 1 aromatic heterocycles. The maximum atomic E-state index is 10.6. The van der Waals surface area contributed by atoms with Crippen molar-refractivity contribution in [2.24, 2.45) is 5.73 Å². The van der Waals surface area contributed by atoms with Crippen LogP contribution in [0.25, 0.3) is 11.3 Å². The number of benzene rings is 2. The van der Waals surface area contributed by atoms with Crippen molar-refractivity contribution < 1.29 is 18.8 Å². The molecule has 1 amide bonds. The normalized spacial score (nSPS) is 10.4. The second kappa shape index (κ2) is 7.72. The Morgan fingerprint density at radius 3 is 2.64 bits per heavy atom. The number of amides is 1. The first kappa shape index (κ1) is 16.9. The van der Waals surface area contributed by atoms with Crippen LogP contribution in [0.15, 0.2) is 59.1 Å². The fourth-order valence-electron chi connectivity index (χ4n) is 2.18. The zero-order valence-electron chi connectivity index (χ0n) is 13.1. The molecule has 0 bridgehead atoms. The third-order valence-corrected chi connectivity index (χ3v) is 3.69. The second-order valence-corrected chi connectivity index (χ2v) is 5.61. The lowest BCUT2D eigenvalue weighted by atomic mass is 10.1. The zero-order valence-corrected chi connectivity index (χ0v) is 13.9. The van der Waals surface area contributed by atoms with E-state index in [2.05, 4.69) is 9.89 Å². The molecule has 0 unspecified atom stereocenters. The van der Waals surface area contributed by atoms with Crippen LogP contribution < -0.4 is 10.5 Å². The molecular weight excluding hydrogens is 344 g/mol. The number of aromatic nitrogens is 1. The van der Waals surface area contributed by atoms with Crippen LogP contribution in [0.3, 0.4) is 0 Å². The van der Waals surface area contributed by atoms with Crippen molar-refractivity contribution in [2.45, 2.75) is 13.2 Å². The largest absolute Gasteiger partial charge is 0.489 e. The van der Waals surface area contributed by atoms with E-state index in [1.54, 1.807) is 24.3 Å². The maximum absolute atomic E-state index is 10.6. The van der Waals surface area contributed by atoms with Gasteiger partial charge < -0.3 is 19.7 Å². The monoisotopic (exact) mass is 358 g/mol. The molecule has 2 aromatic carbocycles. The Morgan fingerprint density at radius 1 is 1.12 bits per heavy atom. The molecule has 128 valence electrons. The first-order valence-electron chi connectivity index (χ1n) is 7.46. The Labute approximate surface area is 149 Å². The summed E-state index contributed by atoms with van der Waals surface area (Å²) in [6.45, 7) is 0.368. The lowest BCUT2D eigenvalue weighted by Crippen LogP contribution is -2.12. The van der Waals surface area contributed by atoms with E-state index in [1.807, 2.05) is 30.3 Å². The highest BCUT2D eigenvalue weighted by Crippen LogP contribution is 2.31. The maximum Gasteiger partial charge on any atom is 0.404 e. The summed E-state index contributed by atoms with van der Waals surface area (Å²) in [7, 11) is 0. The van der Waals surface area contributed by atoms with Crippen LogP contribution in [-0.2, 0) is 18.0 Å². The molecule has 7 heteroatoms. The molecule has 0 aliphatic heterocycles. The van der Waals surface area contributed by atoms with Crippen molar-refractivity contribution in [3.63, 3.8) is 0 Å². The predicted octanol–water partition coefficient (Wildman–Crippen LogP) is 4.17. The van der Waals surface area contributed by atoms with Gasteiger partial charge in [-0.2, -0.15) is 0 Å². The van der Waals surface area contributed by atoms with Crippen molar-refractivity contribution in [1.82, 2.24) is 5.16 Å². The molecule has 2 N–H and O–H groups in total. The molecule has 3 aromatic rings. The van der Waals surface area contributed by atoms with E-state index < -0.39 is 6.09 Å². The SMILES string of the molecule is NC(=O)OCc1cc(-c2ccc(OCc3ccccc3)cc2Cl)no1. The van der Waals surface area contributed by atoms with Gasteiger partial charge in [-0.25, -0.2) is 4.79 Å². The summed E-state index contributed by atoms with van der Waals surface area (Å²) in [5.41, 5.74) is 7.19. The van der Waals surface area contributed by atoms with Gasteiger partial charge in [0.1, 0.15) is 18.1 Å². The minimum Gasteiger partial charge on any atom is -0.489 e. The van der Waals surface area contributed by atoms with Crippen LogP contribution in [0.5, 0.6) is 5.75 Å². The number of halogens is 1. The van der Waals surface area contributed by atoms with E-state index in [0.717, 1.165) is 5.56 Å². The lowest BCUT2D eigenvalue weighted by molar-refractivity contribution is 0.137. The summed E-state index contributed by atoms with van der Waals surface area (Å²) in [5, 5.41) is 4.39. The third kappa shape index (κ3) is 4.51. The molecule has 25 heavy (non-hydrogen) atoms. The number of carbonyl (C=O) groups is 1. The fraction of sp³-hybridized carbons (Fsp3) is 0.111. The van der Waals surface area contributed by atoms with Gasteiger partial charge in [0.25, 0.3) is 0 Å². The molecule has 1 heterocycles. The summed E-state index contributed by atoms with van der Waals surface area (Å²) in [4.78, 5) is 10.6. The van der Waals surface area contributed by atoms with Gasteiger partial charge in [-0.05, 0) is 23.8 Å². The van der Waals surface area contributed by atoms with E-state index in [-0.39, 0.29) is 6.61 Å². The van der Waals surface area contributed by atoms with Gasteiger partial charge in [0.2, 0.25) is 0 Å². The molecule has 0 spiro atoms. The minimum absolute atomic E-state index is 0.0851. The number of carbonyl (C=O) groups excluding carboxylic acids is 1. The number of primary amides is 1. The molecule has 0 fully saturated rings. The Hall–Kier alpha value is -2.99. The van der Waals surface area contributed by atoms with Gasteiger partial charge in [-0.1, -0.05) is 47.1 Å². The smallest absolute Gasteiger partial charge is 0.404 e. The van der Waals surface area contributed by atoms with Crippen LogP contribution in [0.2, 0.25) is 5.02 Å². The Kier molecular flexibility index (Phi) is 5.20.